The summed E-state index contributed by atoms with van der Waals surface area (Å²) in [6.07, 6.45) is 2.31. The molecule has 2 heterocycles. The molecule has 1 aliphatic rings. The van der Waals surface area contributed by atoms with Crippen LogP contribution in [0.15, 0.2) is 79.0 Å². The first-order valence-electron chi connectivity index (χ1n) is 10.0. The monoisotopic (exact) mass is 398 g/mol. The highest BCUT2D eigenvalue weighted by molar-refractivity contribution is 5.86. The Balaban J connectivity index is 1.48. The third-order valence-corrected chi connectivity index (χ3v) is 5.52. The van der Waals surface area contributed by atoms with E-state index < -0.39 is 0 Å². The zero-order valence-corrected chi connectivity index (χ0v) is 16.4. The van der Waals surface area contributed by atoms with Crippen molar-refractivity contribution in [2.45, 2.75) is 18.9 Å². The number of aromatic amines is 1. The van der Waals surface area contributed by atoms with Gasteiger partial charge in [-0.1, -0.05) is 60.7 Å². The standard InChI is InChI=1S/C25H22N2O3/c28-24(27-14-17-7-2-1-3-8-17)13-20(19-10-6-12-23-25(19)30-16-29-23)21-15-26-22-11-5-4-9-18(21)22/h1-12,15,20,26H,13-14,16H2,(H,27,28)/t20-/m0/s1. The van der Waals surface area contributed by atoms with E-state index in [4.69, 9.17) is 9.47 Å². The van der Waals surface area contributed by atoms with Gasteiger partial charge in [-0.3, -0.25) is 4.79 Å². The lowest BCUT2D eigenvalue weighted by Crippen LogP contribution is -2.25. The molecule has 3 aromatic carbocycles. The molecule has 0 unspecified atom stereocenters. The number of carbonyl (C=O) groups is 1. The van der Waals surface area contributed by atoms with Crippen LogP contribution in [0.1, 0.15) is 29.0 Å². The van der Waals surface area contributed by atoms with Crippen LogP contribution in [0.5, 0.6) is 11.5 Å². The number of hydrogen-bond donors (Lipinski definition) is 2. The number of aromatic nitrogens is 1. The number of rotatable bonds is 6. The lowest BCUT2D eigenvalue weighted by Gasteiger charge is -2.19. The Morgan fingerprint density at radius 2 is 1.77 bits per heavy atom. The predicted molar refractivity (Wildman–Crippen MR) is 116 cm³/mol. The highest BCUT2D eigenvalue weighted by Gasteiger charge is 2.28. The van der Waals surface area contributed by atoms with Gasteiger partial charge < -0.3 is 19.8 Å². The van der Waals surface area contributed by atoms with Gasteiger partial charge >= 0.3 is 0 Å². The van der Waals surface area contributed by atoms with E-state index in [-0.39, 0.29) is 18.6 Å². The molecule has 1 amide bonds. The zero-order valence-electron chi connectivity index (χ0n) is 16.4. The number of H-pyrrole nitrogens is 1. The summed E-state index contributed by atoms with van der Waals surface area (Å²) in [5.41, 5.74) is 4.16. The predicted octanol–water partition coefficient (Wildman–Crippen LogP) is 4.74. The molecular formula is C25H22N2O3. The summed E-state index contributed by atoms with van der Waals surface area (Å²) in [4.78, 5) is 16.3. The molecule has 150 valence electrons. The van der Waals surface area contributed by atoms with Gasteiger partial charge in [0.15, 0.2) is 11.5 Å². The van der Waals surface area contributed by atoms with E-state index in [2.05, 4.69) is 16.4 Å². The van der Waals surface area contributed by atoms with E-state index >= 15 is 0 Å². The molecule has 1 atom stereocenters. The summed E-state index contributed by atoms with van der Waals surface area (Å²) in [5, 5.41) is 4.16. The van der Waals surface area contributed by atoms with E-state index in [1.165, 1.54) is 0 Å². The Morgan fingerprint density at radius 1 is 0.933 bits per heavy atom. The maximum atomic E-state index is 12.9. The molecule has 0 spiro atoms. The highest BCUT2D eigenvalue weighted by atomic mass is 16.7. The molecule has 5 nitrogen and oxygen atoms in total. The fourth-order valence-electron chi connectivity index (χ4n) is 4.05. The van der Waals surface area contributed by atoms with E-state index in [1.807, 2.05) is 72.9 Å². The number of para-hydroxylation sites is 2. The van der Waals surface area contributed by atoms with Crippen LogP contribution < -0.4 is 14.8 Å². The molecule has 2 N–H and O–H groups in total. The molecule has 0 fully saturated rings. The molecule has 5 rings (SSSR count). The molecular weight excluding hydrogens is 376 g/mol. The average Bonchev–Trinajstić information content (AvgIpc) is 3.44. The maximum absolute atomic E-state index is 12.9. The largest absolute Gasteiger partial charge is 0.454 e. The van der Waals surface area contributed by atoms with Crippen LogP contribution in [0.2, 0.25) is 0 Å². The quantitative estimate of drug-likeness (QED) is 0.493. The van der Waals surface area contributed by atoms with E-state index in [0.717, 1.165) is 39.1 Å². The second-order valence-electron chi connectivity index (χ2n) is 7.39. The van der Waals surface area contributed by atoms with Crippen LogP contribution in [-0.4, -0.2) is 17.7 Å². The van der Waals surface area contributed by atoms with Gasteiger partial charge in [0, 0.05) is 41.5 Å². The molecule has 0 radical (unpaired) electrons. The number of carbonyl (C=O) groups excluding carboxylic acids is 1. The second kappa shape index (κ2) is 7.95. The van der Waals surface area contributed by atoms with Crippen molar-refractivity contribution in [3.8, 4) is 11.5 Å². The Morgan fingerprint density at radius 3 is 2.67 bits per heavy atom. The fourth-order valence-corrected chi connectivity index (χ4v) is 4.05. The first kappa shape index (κ1) is 18.3. The van der Waals surface area contributed by atoms with Crippen LogP contribution in [0.3, 0.4) is 0 Å². The number of ether oxygens (including phenoxy) is 2. The Kier molecular flexibility index (Phi) is 4.85. The highest BCUT2D eigenvalue weighted by Crippen LogP contribution is 2.44. The minimum atomic E-state index is -0.159. The molecule has 0 saturated heterocycles. The molecule has 0 saturated carbocycles. The number of fused-ring (bicyclic) bond motifs is 2. The Hall–Kier alpha value is -3.73. The average molecular weight is 398 g/mol. The third-order valence-electron chi connectivity index (χ3n) is 5.52. The van der Waals surface area contributed by atoms with Gasteiger partial charge in [-0.05, 0) is 23.3 Å². The van der Waals surface area contributed by atoms with Crippen molar-refractivity contribution in [3.05, 3.63) is 95.7 Å². The molecule has 0 bridgehead atoms. The summed E-state index contributed by atoms with van der Waals surface area (Å²) in [6.45, 7) is 0.708. The Bertz CT molecular complexity index is 1180. The van der Waals surface area contributed by atoms with E-state index in [0.29, 0.717) is 13.0 Å². The molecule has 0 aliphatic carbocycles. The van der Waals surface area contributed by atoms with Crippen molar-refractivity contribution in [1.29, 1.82) is 0 Å². The van der Waals surface area contributed by atoms with Crippen LogP contribution in [0.4, 0.5) is 0 Å². The van der Waals surface area contributed by atoms with E-state index in [1.54, 1.807) is 0 Å². The molecule has 1 aromatic heterocycles. The Labute approximate surface area is 174 Å². The van der Waals surface area contributed by atoms with Crippen molar-refractivity contribution >= 4 is 16.8 Å². The van der Waals surface area contributed by atoms with Gasteiger partial charge in [0.2, 0.25) is 12.7 Å². The zero-order chi connectivity index (χ0) is 20.3. The summed E-state index contributed by atoms with van der Waals surface area (Å²) >= 11 is 0. The first-order valence-corrected chi connectivity index (χ1v) is 10.0. The van der Waals surface area contributed by atoms with Crippen molar-refractivity contribution < 1.29 is 14.3 Å². The van der Waals surface area contributed by atoms with Crippen molar-refractivity contribution in [1.82, 2.24) is 10.3 Å². The lowest BCUT2D eigenvalue weighted by molar-refractivity contribution is -0.121. The van der Waals surface area contributed by atoms with Gasteiger partial charge in [-0.2, -0.15) is 0 Å². The van der Waals surface area contributed by atoms with Crippen molar-refractivity contribution in [3.63, 3.8) is 0 Å². The minimum Gasteiger partial charge on any atom is -0.454 e. The van der Waals surface area contributed by atoms with Crippen LogP contribution >= 0.6 is 0 Å². The molecule has 30 heavy (non-hydrogen) atoms. The summed E-state index contributed by atoms with van der Waals surface area (Å²) in [5.74, 6) is 1.28. The van der Waals surface area contributed by atoms with Crippen LogP contribution in [0.25, 0.3) is 10.9 Å². The topological polar surface area (TPSA) is 63.4 Å². The normalized spacial score (nSPS) is 13.3. The van der Waals surface area contributed by atoms with Gasteiger partial charge in [-0.15, -0.1) is 0 Å². The number of amides is 1. The number of hydrogen-bond acceptors (Lipinski definition) is 3. The first-order chi connectivity index (χ1) is 14.8. The van der Waals surface area contributed by atoms with Crippen LogP contribution in [-0.2, 0) is 11.3 Å². The smallest absolute Gasteiger partial charge is 0.231 e. The lowest BCUT2D eigenvalue weighted by atomic mass is 9.87. The minimum absolute atomic E-state index is 0.00866. The molecule has 5 heteroatoms. The summed E-state index contributed by atoms with van der Waals surface area (Å²) < 4.78 is 11.3. The third kappa shape index (κ3) is 3.50. The summed E-state index contributed by atoms with van der Waals surface area (Å²) in [6, 6.07) is 23.9. The SMILES string of the molecule is O=C(C[C@@H](c1cccc2c1OCO2)c1c[nH]c2ccccc12)NCc1ccccc1. The van der Waals surface area contributed by atoms with Crippen molar-refractivity contribution in [2.75, 3.05) is 6.79 Å². The van der Waals surface area contributed by atoms with Gasteiger partial charge in [0.05, 0.1) is 0 Å². The molecule has 4 aromatic rings. The number of nitrogens with one attached hydrogen (secondary N) is 2. The van der Waals surface area contributed by atoms with Gasteiger partial charge in [0.1, 0.15) is 0 Å². The van der Waals surface area contributed by atoms with Crippen LogP contribution in [0, 0.1) is 0 Å². The molecule has 1 aliphatic heterocycles. The van der Waals surface area contributed by atoms with E-state index in [9.17, 15) is 4.79 Å². The maximum Gasteiger partial charge on any atom is 0.231 e. The van der Waals surface area contributed by atoms with Gasteiger partial charge in [-0.25, -0.2) is 0 Å². The summed E-state index contributed by atoms with van der Waals surface area (Å²) in [7, 11) is 0. The fraction of sp³-hybridized carbons (Fsp3) is 0.160. The van der Waals surface area contributed by atoms with Gasteiger partial charge in [0.25, 0.3) is 0 Å². The second-order valence-corrected chi connectivity index (χ2v) is 7.39. The number of benzene rings is 3. The van der Waals surface area contributed by atoms with Crippen molar-refractivity contribution in [2.24, 2.45) is 0 Å².